The van der Waals surface area contributed by atoms with Crippen LogP contribution in [0, 0.1) is 5.41 Å². The Balaban J connectivity index is 1.68. The second-order valence-electron chi connectivity index (χ2n) is 7.51. The van der Waals surface area contributed by atoms with Gasteiger partial charge in [0.25, 0.3) is 0 Å². The summed E-state index contributed by atoms with van der Waals surface area (Å²) < 4.78 is 23.7. The molecule has 0 bridgehead atoms. The molecule has 0 atom stereocenters. The van der Waals surface area contributed by atoms with E-state index in [1.807, 2.05) is 13.8 Å². The predicted molar refractivity (Wildman–Crippen MR) is 105 cm³/mol. The molecule has 1 heterocycles. The predicted octanol–water partition coefficient (Wildman–Crippen LogP) is 3.27. The normalized spacial score (nSPS) is 16.0. The van der Waals surface area contributed by atoms with Crippen molar-refractivity contribution in [2.75, 3.05) is 11.1 Å². The van der Waals surface area contributed by atoms with E-state index in [2.05, 4.69) is 10.3 Å². The van der Waals surface area contributed by atoms with Crippen LogP contribution in [0.3, 0.4) is 0 Å². The molecule has 3 rings (SSSR count). The maximum absolute atomic E-state index is 12.3. The van der Waals surface area contributed by atoms with E-state index in [4.69, 9.17) is 0 Å². The molecular formula is C19H22N2O4S2. The Morgan fingerprint density at radius 1 is 1.22 bits per heavy atom. The van der Waals surface area contributed by atoms with Gasteiger partial charge in [-0.1, -0.05) is 44.2 Å². The van der Waals surface area contributed by atoms with Crippen LogP contribution in [0.25, 0.3) is 0 Å². The summed E-state index contributed by atoms with van der Waals surface area (Å²) in [7, 11) is -3.25. The van der Waals surface area contributed by atoms with Crippen LogP contribution in [0.5, 0.6) is 0 Å². The van der Waals surface area contributed by atoms with Crippen molar-refractivity contribution in [1.82, 2.24) is 4.98 Å². The fraction of sp³-hybridized carbons (Fsp3) is 0.421. The van der Waals surface area contributed by atoms with Crippen molar-refractivity contribution in [1.29, 1.82) is 0 Å². The fourth-order valence-electron chi connectivity index (χ4n) is 3.10. The molecule has 2 aromatic rings. The highest BCUT2D eigenvalue weighted by Crippen LogP contribution is 2.38. The Bertz CT molecular complexity index is 989. The smallest absolute Gasteiger partial charge is 0.230 e. The Kier molecular flexibility index (Phi) is 5.22. The van der Waals surface area contributed by atoms with E-state index < -0.39 is 9.84 Å². The SMILES string of the molecule is CCS(=O)(=O)c1ccc(CC(=O)Nc2nc3c(s2)C(=O)CC(C)(C)C3)cc1. The molecule has 0 saturated heterocycles. The van der Waals surface area contributed by atoms with Crippen molar-refractivity contribution < 1.29 is 18.0 Å². The highest BCUT2D eigenvalue weighted by atomic mass is 32.2. The van der Waals surface area contributed by atoms with E-state index >= 15 is 0 Å². The number of sulfone groups is 1. The van der Waals surface area contributed by atoms with Crippen molar-refractivity contribution in [3.05, 3.63) is 40.4 Å². The number of benzene rings is 1. The third-order valence-corrected chi connectivity index (χ3v) is 7.31. The van der Waals surface area contributed by atoms with Crippen molar-refractivity contribution in [3.8, 4) is 0 Å². The lowest BCUT2D eigenvalue weighted by Crippen LogP contribution is -2.26. The number of fused-ring (bicyclic) bond motifs is 1. The monoisotopic (exact) mass is 406 g/mol. The molecule has 1 aromatic carbocycles. The Morgan fingerprint density at radius 3 is 2.52 bits per heavy atom. The van der Waals surface area contributed by atoms with Gasteiger partial charge in [0.2, 0.25) is 5.91 Å². The number of carbonyl (C=O) groups excluding carboxylic acids is 2. The molecule has 1 N–H and O–H groups in total. The first-order valence-electron chi connectivity index (χ1n) is 8.74. The molecule has 1 amide bonds. The van der Waals surface area contributed by atoms with E-state index in [0.717, 1.165) is 5.69 Å². The summed E-state index contributed by atoms with van der Waals surface area (Å²) in [5.74, 6) is -0.136. The van der Waals surface area contributed by atoms with Crippen LogP contribution < -0.4 is 5.32 Å². The number of hydrogen-bond donors (Lipinski definition) is 1. The van der Waals surface area contributed by atoms with E-state index in [9.17, 15) is 18.0 Å². The minimum absolute atomic E-state index is 0.0388. The third kappa shape index (κ3) is 4.44. The zero-order chi connectivity index (χ0) is 19.8. The lowest BCUT2D eigenvalue weighted by atomic mass is 9.78. The lowest BCUT2D eigenvalue weighted by Gasteiger charge is -2.26. The standard InChI is InChI=1S/C19H22N2O4S2/c1-4-27(24,25)13-7-5-12(6-8-13)9-16(23)21-18-20-14-10-19(2,3)11-15(22)17(14)26-18/h5-8H,4,9-11H2,1-3H3,(H,20,21,23). The average molecular weight is 407 g/mol. The van der Waals surface area contributed by atoms with Gasteiger partial charge in [-0.2, -0.15) is 0 Å². The zero-order valence-electron chi connectivity index (χ0n) is 15.5. The van der Waals surface area contributed by atoms with Gasteiger partial charge >= 0.3 is 0 Å². The number of carbonyl (C=O) groups is 2. The molecular weight excluding hydrogens is 384 g/mol. The minimum atomic E-state index is -3.25. The van der Waals surface area contributed by atoms with Gasteiger partial charge in [-0.15, -0.1) is 0 Å². The van der Waals surface area contributed by atoms with E-state index in [1.54, 1.807) is 19.1 Å². The quantitative estimate of drug-likeness (QED) is 0.822. The molecule has 1 aliphatic rings. The Hall–Kier alpha value is -2.06. The zero-order valence-corrected chi connectivity index (χ0v) is 17.2. The van der Waals surface area contributed by atoms with Crippen LogP contribution in [-0.2, 0) is 27.5 Å². The first-order valence-corrected chi connectivity index (χ1v) is 11.2. The van der Waals surface area contributed by atoms with Crippen LogP contribution in [0.4, 0.5) is 5.13 Å². The number of anilines is 1. The van der Waals surface area contributed by atoms with Crippen LogP contribution in [0.2, 0.25) is 0 Å². The lowest BCUT2D eigenvalue weighted by molar-refractivity contribution is -0.115. The van der Waals surface area contributed by atoms with Crippen LogP contribution in [-0.4, -0.2) is 30.8 Å². The van der Waals surface area contributed by atoms with Crippen LogP contribution in [0.1, 0.15) is 48.1 Å². The van der Waals surface area contributed by atoms with Crippen LogP contribution in [0.15, 0.2) is 29.2 Å². The van der Waals surface area contributed by atoms with Gasteiger partial charge in [0.1, 0.15) is 0 Å². The summed E-state index contributed by atoms with van der Waals surface area (Å²) >= 11 is 1.22. The molecule has 0 radical (unpaired) electrons. The van der Waals surface area contributed by atoms with Gasteiger partial charge in [0, 0.05) is 6.42 Å². The molecule has 1 aliphatic carbocycles. The molecule has 0 unspecified atom stereocenters. The molecule has 144 valence electrons. The average Bonchev–Trinajstić information content (AvgIpc) is 2.96. The summed E-state index contributed by atoms with van der Waals surface area (Å²) in [4.78, 5) is 29.8. The maximum atomic E-state index is 12.3. The molecule has 0 fully saturated rings. The largest absolute Gasteiger partial charge is 0.302 e. The Labute approximate surface area is 162 Å². The number of thiazole rings is 1. The van der Waals surface area contributed by atoms with Gasteiger partial charge in [0.05, 0.1) is 27.6 Å². The number of hydrogen-bond acceptors (Lipinski definition) is 6. The number of nitrogens with zero attached hydrogens (tertiary/aromatic N) is 1. The molecule has 0 spiro atoms. The number of nitrogens with one attached hydrogen (secondary N) is 1. The first-order chi connectivity index (χ1) is 12.6. The summed E-state index contributed by atoms with van der Waals surface area (Å²) in [6.45, 7) is 5.66. The van der Waals surface area contributed by atoms with Gasteiger partial charge in [-0.3, -0.25) is 9.59 Å². The molecule has 6 nitrogen and oxygen atoms in total. The van der Waals surface area contributed by atoms with E-state index in [-0.39, 0.29) is 34.2 Å². The van der Waals surface area contributed by atoms with Crippen molar-refractivity contribution in [3.63, 3.8) is 0 Å². The topological polar surface area (TPSA) is 93.2 Å². The molecule has 27 heavy (non-hydrogen) atoms. The highest BCUT2D eigenvalue weighted by Gasteiger charge is 2.34. The molecule has 1 aromatic heterocycles. The first kappa shape index (κ1) is 19.7. The maximum Gasteiger partial charge on any atom is 0.230 e. The van der Waals surface area contributed by atoms with Gasteiger partial charge < -0.3 is 5.32 Å². The van der Waals surface area contributed by atoms with Crippen molar-refractivity contribution in [2.24, 2.45) is 5.41 Å². The van der Waals surface area contributed by atoms with Gasteiger partial charge in [-0.05, 0) is 29.5 Å². The molecule has 8 heteroatoms. The third-order valence-electron chi connectivity index (χ3n) is 4.51. The summed E-state index contributed by atoms with van der Waals surface area (Å²) in [5, 5.41) is 3.18. The molecule has 0 saturated carbocycles. The summed E-state index contributed by atoms with van der Waals surface area (Å²) in [6.07, 6.45) is 1.31. The molecule has 0 aliphatic heterocycles. The Morgan fingerprint density at radius 2 is 1.89 bits per heavy atom. The van der Waals surface area contributed by atoms with Gasteiger partial charge in [-0.25, -0.2) is 13.4 Å². The minimum Gasteiger partial charge on any atom is -0.302 e. The van der Waals surface area contributed by atoms with Crippen molar-refractivity contribution >= 4 is 38.0 Å². The number of rotatable bonds is 5. The number of Topliss-reactive ketones (excluding diaryl/α,β-unsaturated/α-hetero) is 1. The highest BCUT2D eigenvalue weighted by molar-refractivity contribution is 7.91. The second-order valence-corrected chi connectivity index (χ2v) is 10.8. The van der Waals surface area contributed by atoms with E-state index in [0.29, 0.717) is 28.4 Å². The summed E-state index contributed by atoms with van der Waals surface area (Å²) in [5.41, 5.74) is 1.35. The summed E-state index contributed by atoms with van der Waals surface area (Å²) in [6, 6.07) is 6.32. The van der Waals surface area contributed by atoms with Crippen LogP contribution >= 0.6 is 11.3 Å². The number of ketones is 1. The fourth-order valence-corrected chi connectivity index (χ4v) is 4.92. The van der Waals surface area contributed by atoms with Crippen molar-refractivity contribution in [2.45, 2.75) is 44.9 Å². The second kappa shape index (κ2) is 7.16. The van der Waals surface area contributed by atoms with E-state index in [1.165, 1.54) is 23.5 Å². The number of aromatic nitrogens is 1. The van der Waals surface area contributed by atoms with Gasteiger partial charge in [0.15, 0.2) is 20.8 Å². The number of amides is 1.